The van der Waals surface area contributed by atoms with Gasteiger partial charge in [-0.05, 0) is 44.9 Å². The van der Waals surface area contributed by atoms with Crippen LogP contribution in [-0.4, -0.2) is 91.0 Å². The zero-order valence-electron chi connectivity index (χ0n) is 24.3. The number of aromatic nitrogens is 5. The van der Waals surface area contributed by atoms with Crippen LogP contribution in [0.25, 0.3) is 27.8 Å². The van der Waals surface area contributed by atoms with Crippen molar-refractivity contribution in [1.29, 1.82) is 5.26 Å². The van der Waals surface area contributed by atoms with Gasteiger partial charge in [-0.2, -0.15) is 15.5 Å². The number of hydrogen-bond donors (Lipinski definition) is 0. The van der Waals surface area contributed by atoms with Crippen molar-refractivity contribution in [1.82, 2.24) is 34.2 Å². The van der Waals surface area contributed by atoms with E-state index in [1.54, 1.807) is 32.9 Å². The lowest BCUT2D eigenvalue weighted by atomic mass is 10.0. The average Bonchev–Trinajstić information content (AvgIpc) is 3.62. The molecule has 2 aliphatic rings. The quantitative estimate of drug-likeness (QED) is 0.339. The predicted molar refractivity (Wildman–Crippen MR) is 159 cm³/mol. The van der Waals surface area contributed by atoms with Crippen LogP contribution < -0.4 is 4.90 Å². The van der Waals surface area contributed by atoms with Gasteiger partial charge < -0.3 is 19.4 Å². The highest BCUT2D eigenvalue weighted by molar-refractivity contribution is 5.93. The minimum Gasteiger partial charge on any atom is -0.444 e. The third kappa shape index (κ3) is 5.47. The van der Waals surface area contributed by atoms with E-state index >= 15 is 0 Å². The van der Waals surface area contributed by atoms with Crippen LogP contribution in [0.2, 0.25) is 0 Å². The van der Waals surface area contributed by atoms with E-state index in [9.17, 15) is 14.9 Å². The first-order valence-electron chi connectivity index (χ1n) is 14.0. The number of likely N-dealkylation sites (tertiary alicyclic amines) is 1. The Hall–Kier alpha value is -5.36. The van der Waals surface area contributed by atoms with Crippen molar-refractivity contribution in [2.24, 2.45) is 0 Å². The summed E-state index contributed by atoms with van der Waals surface area (Å²) < 4.78 is 9.05. The summed E-state index contributed by atoms with van der Waals surface area (Å²) in [6.45, 7) is 8.98. The number of nitrogens with zero attached hydrogens (tertiary/aromatic N) is 9. The van der Waals surface area contributed by atoms with E-state index in [4.69, 9.17) is 16.1 Å². The number of hydrogen-bond acceptors (Lipinski definition) is 8. The third-order valence-corrected chi connectivity index (χ3v) is 7.63. The van der Waals surface area contributed by atoms with Gasteiger partial charge in [-0.25, -0.2) is 14.3 Å². The molecule has 0 unspecified atom stereocenters. The van der Waals surface area contributed by atoms with Gasteiger partial charge in [0, 0.05) is 80.1 Å². The fourth-order valence-corrected chi connectivity index (χ4v) is 5.33. The summed E-state index contributed by atoms with van der Waals surface area (Å²) in [6.07, 6.45) is 13.9. The van der Waals surface area contributed by atoms with Crippen molar-refractivity contribution in [2.45, 2.75) is 32.4 Å². The summed E-state index contributed by atoms with van der Waals surface area (Å²) in [6, 6.07) is 8.26. The van der Waals surface area contributed by atoms with Gasteiger partial charge in [-0.3, -0.25) is 9.48 Å². The van der Waals surface area contributed by atoms with Gasteiger partial charge in [0.1, 0.15) is 17.5 Å². The van der Waals surface area contributed by atoms with Crippen molar-refractivity contribution >= 4 is 23.3 Å². The van der Waals surface area contributed by atoms with E-state index in [-0.39, 0.29) is 18.0 Å². The van der Waals surface area contributed by atoms with Crippen LogP contribution in [0.4, 0.5) is 10.6 Å². The molecule has 4 aromatic heterocycles. The molecule has 43 heavy (non-hydrogen) atoms. The number of carbonyl (C=O) groups is 2. The van der Waals surface area contributed by atoms with Crippen LogP contribution in [0.15, 0.2) is 49.2 Å². The molecule has 0 saturated carbocycles. The van der Waals surface area contributed by atoms with E-state index in [0.717, 1.165) is 28.1 Å². The number of fused-ring (bicyclic) bond motifs is 1. The van der Waals surface area contributed by atoms with Crippen LogP contribution in [0.3, 0.4) is 0 Å². The maximum Gasteiger partial charge on any atom is 0.410 e. The normalized spacial score (nSPS) is 15.6. The zero-order chi connectivity index (χ0) is 30.3. The highest BCUT2D eigenvalue weighted by Crippen LogP contribution is 2.33. The molecule has 12 nitrogen and oxygen atoms in total. The van der Waals surface area contributed by atoms with Crippen LogP contribution in [0.1, 0.15) is 32.4 Å². The molecule has 0 spiro atoms. The van der Waals surface area contributed by atoms with Crippen LogP contribution in [-0.2, 0) is 9.53 Å². The van der Waals surface area contributed by atoms with E-state index in [0.29, 0.717) is 50.3 Å². The van der Waals surface area contributed by atoms with Gasteiger partial charge in [-0.1, -0.05) is 0 Å². The second kappa shape index (κ2) is 10.8. The van der Waals surface area contributed by atoms with Crippen molar-refractivity contribution in [2.75, 3.05) is 44.2 Å². The number of ether oxygens (including phenoxy) is 1. The molecule has 0 bridgehead atoms. The molecule has 0 N–H and O–H groups in total. The van der Waals surface area contributed by atoms with Gasteiger partial charge >= 0.3 is 6.09 Å². The average molecular weight is 578 g/mol. The van der Waals surface area contributed by atoms with E-state index in [2.05, 4.69) is 27.1 Å². The van der Waals surface area contributed by atoms with E-state index < -0.39 is 5.60 Å². The first-order valence-corrected chi connectivity index (χ1v) is 14.0. The Morgan fingerprint density at radius 2 is 1.74 bits per heavy atom. The number of amides is 2. The molecule has 4 aromatic rings. The number of nitriles is 1. The summed E-state index contributed by atoms with van der Waals surface area (Å²) in [5.41, 5.74) is 4.05. The van der Waals surface area contributed by atoms with Crippen LogP contribution in [0.5, 0.6) is 0 Å². The molecule has 2 saturated heterocycles. The summed E-state index contributed by atoms with van der Waals surface area (Å²) in [4.78, 5) is 34.3. The maximum absolute atomic E-state index is 12.3. The molecule has 0 aromatic carbocycles. The third-order valence-electron chi connectivity index (χ3n) is 7.63. The SMILES string of the molecule is C#CC(=O)N1CCN(c2ccc(-c3cc(-c4cnn(C5CN(C(=O)OC(C)(C)C)C5)c4)cn4ncc(C#N)c34)cn2)CC1. The zero-order valence-corrected chi connectivity index (χ0v) is 24.3. The highest BCUT2D eigenvalue weighted by Gasteiger charge is 2.35. The smallest absolute Gasteiger partial charge is 0.410 e. The molecule has 0 radical (unpaired) electrons. The lowest BCUT2D eigenvalue weighted by Crippen LogP contribution is -2.52. The molecule has 6 rings (SSSR count). The highest BCUT2D eigenvalue weighted by atomic mass is 16.6. The van der Waals surface area contributed by atoms with Crippen molar-refractivity contribution < 1.29 is 14.3 Å². The Kier molecular flexibility index (Phi) is 6.98. The number of pyridine rings is 2. The lowest BCUT2D eigenvalue weighted by molar-refractivity contribution is -0.125. The number of carbonyl (C=O) groups excluding carboxylic acids is 2. The number of piperazine rings is 1. The Bertz CT molecular complexity index is 1770. The minimum absolute atomic E-state index is 0.0580. The Morgan fingerprint density at radius 1 is 0.977 bits per heavy atom. The minimum atomic E-state index is -0.537. The van der Waals surface area contributed by atoms with Crippen LogP contribution in [0, 0.1) is 23.7 Å². The standard InChI is InChI=1S/C31H31N9O3/c1-5-28(41)37-10-8-36(9-11-37)27-7-6-21(14-33-27)26-12-22(17-40-29(26)23(13-32)15-35-40)24-16-34-39(18-24)25-19-38(20-25)30(42)43-31(2,3)4/h1,6-7,12,14-18,25H,8-11,19-20H2,2-4H3. The molecule has 2 fully saturated rings. The second-order valence-electron chi connectivity index (χ2n) is 11.7. The number of rotatable bonds is 4. The summed E-state index contributed by atoms with van der Waals surface area (Å²) >= 11 is 0. The largest absolute Gasteiger partial charge is 0.444 e. The van der Waals surface area contributed by atoms with E-state index in [1.807, 2.05) is 56.0 Å². The first kappa shape index (κ1) is 27.8. The molecule has 2 aliphatic heterocycles. The van der Waals surface area contributed by atoms with Gasteiger partial charge in [0.25, 0.3) is 5.91 Å². The molecular formula is C31H31N9O3. The molecule has 0 aliphatic carbocycles. The van der Waals surface area contributed by atoms with Crippen LogP contribution >= 0.6 is 0 Å². The Labute approximate surface area is 249 Å². The lowest BCUT2D eigenvalue weighted by Gasteiger charge is -2.39. The predicted octanol–water partition coefficient (Wildman–Crippen LogP) is 3.21. The summed E-state index contributed by atoms with van der Waals surface area (Å²) in [5.74, 6) is 2.69. The number of anilines is 1. The van der Waals surface area contributed by atoms with Crippen molar-refractivity contribution in [3.05, 3.63) is 54.7 Å². The van der Waals surface area contributed by atoms with Gasteiger partial charge in [0.15, 0.2) is 0 Å². The number of terminal acetylenes is 1. The molecule has 12 heteroatoms. The second-order valence-corrected chi connectivity index (χ2v) is 11.7. The topological polar surface area (TPSA) is 125 Å². The Balaban J connectivity index is 1.23. The Morgan fingerprint density at radius 3 is 2.40 bits per heavy atom. The molecule has 6 heterocycles. The first-order chi connectivity index (χ1) is 20.6. The summed E-state index contributed by atoms with van der Waals surface area (Å²) in [5, 5.41) is 18.8. The molecule has 0 atom stereocenters. The van der Waals surface area contributed by atoms with Gasteiger partial charge in [-0.15, -0.1) is 6.42 Å². The van der Waals surface area contributed by atoms with Gasteiger partial charge in [0.05, 0.1) is 29.5 Å². The van der Waals surface area contributed by atoms with Crippen molar-refractivity contribution in [3.8, 4) is 40.7 Å². The van der Waals surface area contributed by atoms with Crippen molar-refractivity contribution in [3.63, 3.8) is 0 Å². The fourth-order valence-electron chi connectivity index (χ4n) is 5.33. The summed E-state index contributed by atoms with van der Waals surface area (Å²) in [7, 11) is 0. The molecule has 218 valence electrons. The molecular weight excluding hydrogens is 546 g/mol. The maximum atomic E-state index is 12.3. The van der Waals surface area contributed by atoms with E-state index in [1.165, 1.54) is 0 Å². The monoisotopic (exact) mass is 577 g/mol. The fraction of sp³-hybridized carbons (Fsp3) is 0.355. The van der Waals surface area contributed by atoms with Gasteiger partial charge in [0.2, 0.25) is 0 Å². The molecule has 2 amide bonds.